The zero-order valence-corrected chi connectivity index (χ0v) is 12.3. The molecule has 0 atom stereocenters. The fourth-order valence-corrected chi connectivity index (χ4v) is 2.33. The van der Waals surface area contributed by atoms with Crippen LogP contribution in [0.15, 0.2) is 24.7 Å². The highest BCUT2D eigenvalue weighted by atomic mass is 19.4. The van der Waals surface area contributed by atoms with Gasteiger partial charge in [0, 0.05) is 12.2 Å². The highest BCUT2D eigenvalue weighted by Gasteiger charge is 2.33. The Morgan fingerprint density at radius 2 is 1.91 bits per heavy atom. The van der Waals surface area contributed by atoms with E-state index in [9.17, 15) is 13.2 Å². The van der Waals surface area contributed by atoms with Gasteiger partial charge in [0.15, 0.2) is 0 Å². The van der Waals surface area contributed by atoms with Crippen molar-refractivity contribution in [1.29, 1.82) is 0 Å². The largest absolute Gasteiger partial charge is 0.433 e. The summed E-state index contributed by atoms with van der Waals surface area (Å²) in [5, 5.41) is 4.86. The number of nitrogens with two attached hydrogens (primary N) is 1. The van der Waals surface area contributed by atoms with Crippen molar-refractivity contribution in [3.05, 3.63) is 30.4 Å². The van der Waals surface area contributed by atoms with E-state index >= 15 is 0 Å². The maximum absolute atomic E-state index is 12.9. The van der Waals surface area contributed by atoms with Gasteiger partial charge < -0.3 is 5.73 Å². The van der Waals surface area contributed by atoms with Crippen LogP contribution in [0, 0.1) is 0 Å². The molecule has 9 heteroatoms. The number of alkyl halides is 3. The van der Waals surface area contributed by atoms with Gasteiger partial charge in [0.25, 0.3) is 0 Å². The van der Waals surface area contributed by atoms with E-state index in [0.29, 0.717) is 10.9 Å². The minimum atomic E-state index is -4.56. The summed E-state index contributed by atoms with van der Waals surface area (Å²) in [7, 11) is 0. The van der Waals surface area contributed by atoms with Gasteiger partial charge in [-0.05, 0) is 26.0 Å². The lowest BCUT2D eigenvalue weighted by atomic mass is 10.1. The molecule has 0 aromatic carbocycles. The van der Waals surface area contributed by atoms with Crippen LogP contribution >= 0.6 is 0 Å². The van der Waals surface area contributed by atoms with Crippen LogP contribution < -0.4 is 5.73 Å². The van der Waals surface area contributed by atoms with Crippen molar-refractivity contribution in [2.24, 2.45) is 0 Å². The summed E-state index contributed by atoms with van der Waals surface area (Å²) in [6.45, 7) is 3.82. The molecular weight excluding hydrogens is 309 g/mol. The van der Waals surface area contributed by atoms with Crippen LogP contribution in [0.25, 0.3) is 22.3 Å². The molecule has 0 aliphatic rings. The van der Waals surface area contributed by atoms with Gasteiger partial charge in [0.2, 0.25) is 0 Å². The summed E-state index contributed by atoms with van der Waals surface area (Å²) in [5.74, 6) is 0.191. The van der Waals surface area contributed by atoms with Gasteiger partial charge in [-0.3, -0.25) is 4.68 Å². The van der Waals surface area contributed by atoms with Crippen LogP contribution in [-0.4, -0.2) is 24.7 Å². The molecule has 0 spiro atoms. The van der Waals surface area contributed by atoms with Gasteiger partial charge in [-0.1, -0.05) is 0 Å². The molecule has 3 rings (SSSR count). The number of nitrogen functional groups attached to an aromatic ring is 1. The second kappa shape index (κ2) is 5.18. The van der Waals surface area contributed by atoms with Crippen LogP contribution in [0.3, 0.4) is 0 Å². The minimum absolute atomic E-state index is 0.00280. The molecule has 0 aliphatic carbocycles. The Labute approximate surface area is 129 Å². The average molecular weight is 322 g/mol. The number of hydrogen-bond donors (Lipinski definition) is 1. The van der Waals surface area contributed by atoms with Gasteiger partial charge in [0.05, 0.1) is 16.6 Å². The van der Waals surface area contributed by atoms with Gasteiger partial charge in [-0.25, -0.2) is 15.0 Å². The predicted molar refractivity (Wildman–Crippen MR) is 78.4 cm³/mol. The summed E-state index contributed by atoms with van der Waals surface area (Å²) in [6, 6.07) is 2.57. The Morgan fingerprint density at radius 3 is 2.57 bits per heavy atom. The van der Waals surface area contributed by atoms with Crippen molar-refractivity contribution in [2.45, 2.75) is 26.1 Å². The van der Waals surface area contributed by atoms with Gasteiger partial charge in [-0.2, -0.15) is 18.3 Å². The fraction of sp³-hybridized carbons (Fsp3) is 0.286. The predicted octanol–water partition coefficient (Wildman–Crippen LogP) is 3.07. The average Bonchev–Trinajstić information content (AvgIpc) is 2.88. The van der Waals surface area contributed by atoms with Crippen LogP contribution in [0.4, 0.5) is 19.0 Å². The van der Waals surface area contributed by atoms with E-state index in [1.165, 1.54) is 6.20 Å². The third kappa shape index (κ3) is 2.58. The standard InChI is InChI=1S/C14H13F3N6/c1-7(2)23-9-3-4-19-13(18)11(9)12(22-23)8-5-10(14(15,16)17)21-6-20-8/h3-7H,1-2H3,(H2,18,19). The summed E-state index contributed by atoms with van der Waals surface area (Å²) in [5.41, 5.74) is 5.87. The minimum Gasteiger partial charge on any atom is -0.383 e. The number of halogens is 3. The smallest absolute Gasteiger partial charge is 0.383 e. The molecule has 3 aromatic rings. The lowest BCUT2D eigenvalue weighted by Gasteiger charge is -2.06. The number of hydrogen-bond acceptors (Lipinski definition) is 5. The maximum Gasteiger partial charge on any atom is 0.433 e. The first-order valence-corrected chi connectivity index (χ1v) is 6.81. The van der Waals surface area contributed by atoms with Crippen molar-refractivity contribution in [1.82, 2.24) is 24.7 Å². The fourth-order valence-electron chi connectivity index (χ4n) is 2.33. The Balaban J connectivity index is 2.29. The number of fused-ring (bicyclic) bond motifs is 1. The van der Waals surface area contributed by atoms with Crippen molar-refractivity contribution >= 4 is 16.7 Å². The van der Waals surface area contributed by atoms with E-state index in [1.54, 1.807) is 10.7 Å². The normalized spacial score (nSPS) is 12.3. The van der Waals surface area contributed by atoms with Crippen molar-refractivity contribution < 1.29 is 13.2 Å². The Bertz CT molecular complexity index is 869. The van der Waals surface area contributed by atoms with Crippen molar-refractivity contribution in [3.63, 3.8) is 0 Å². The molecule has 0 saturated heterocycles. The number of rotatable bonds is 2. The van der Waals surface area contributed by atoms with Gasteiger partial charge in [0.1, 0.15) is 23.5 Å². The molecule has 23 heavy (non-hydrogen) atoms. The third-order valence-corrected chi connectivity index (χ3v) is 3.34. The van der Waals surface area contributed by atoms with E-state index in [0.717, 1.165) is 12.4 Å². The molecule has 3 heterocycles. The molecular formula is C14H13F3N6. The summed E-state index contributed by atoms with van der Waals surface area (Å²) in [6.07, 6.45) is -2.16. The molecule has 0 fully saturated rings. The highest BCUT2D eigenvalue weighted by Crippen LogP contribution is 2.34. The van der Waals surface area contributed by atoms with Crippen LogP contribution in [0.1, 0.15) is 25.6 Å². The monoisotopic (exact) mass is 322 g/mol. The first-order valence-electron chi connectivity index (χ1n) is 6.81. The first-order chi connectivity index (χ1) is 10.8. The number of aromatic nitrogens is 5. The molecule has 6 nitrogen and oxygen atoms in total. The Hall–Kier alpha value is -2.71. The number of pyridine rings is 1. The lowest BCUT2D eigenvalue weighted by molar-refractivity contribution is -0.141. The third-order valence-electron chi connectivity index (χ3n) is 3.34. The molecule has 0 bridgehead atoms. The molecule has 3 aromatic heterocycles. The number of nitrogens with zero attached hydrogens (tertiary/aromatic N) is 5. The van der Waals surface area contributed by atoms with Crippen LogP contribution in [0.2, 0.25) is 0 Å². The quantitative estimate of drug-likeness (QED) is 0.784. The lowest BCUT2D eigenvalue weighted by Crippen LogP contribution is -2.08. The molecule has 0 saturated carbocycles. The van der Waals surface area contributed by atoms with E-state index in [4.69, 9.17) is 5.73 Å². The highest BCUT2D eigenvalue weighted by molar-refractivity contribution is 5.99. The number of anilines is 1. The zero-order chi connectivity index (χ0) is 16.8. The topological polar surface area (TPSA) is 82.5 Å². The van der Waals surface area contributed by atoms with E-state index in [2.05, 4.69) is 20.1 Å². The SMILES string of the molecule is CC(C)n1nc(-c2cc(C(F)(F)F)ncn2)c2c(N)nccc21. The van der Waals surface area contributed by atoms with Crippen molar-refractivity contribution in [3.8, 4) is 11.4 Å². The summed E-state index contributed by atoms with van der Waals surface area (Å²) < 4.78 is 40.3. The molecule has 120 valence electrons. The van der Waals surface area contributed by atoms with E-state index in [-0.39, 0.29) is 23.2 Å². The van der Waals surface area contributed by atoms with Crippen molar-refractivity contribution in [2.75, 3.05) is 5.73 Å². The first kappa shape index (κ1) is 15.2. The second-order valence-electron chi connectivity index (χ2n) is 5.26. The molecule has 0 unspecified atom stereocenters. The Kier molecular flexibility index (Phi) is 3.42. The van der Waals surface area contributed by atoms with Gasteiger partial charge >= 0.3 is 6.18 Å². The van der Waals surface area contributed by atoms with E-state index in [1.807, 2.05) is 13.8 Å². The van der Waals surface area contributed by atoms with Crippen LogP contribution in [-0.2, 0) is 6.18 Å². The maximum atomic E-state index is 12.9. The molecule has 2 N–H and O–H groups in total. The molecule has 0 amide bonds. The van der Waals surface area contributed by atoms with Crippen LogP contribution in [0.5, 0.6) is 0 Å². The Morgan fingerprint density at radius 1 is 1.17 bits per heavy atom. The summed E-state index contributed by atoms with van der Waals surface area (Å²) in [4.78, 5) is 11.2. The summed E-state index contributed by atoms with van der Waals surface area (Å²) >= 11 is 0. The second-order valence-corrected chi connectivity index (χ2v) is 5.26. The molecule has 0 aliphatic heterocycles. The zero-order valence-electron chi connectivity index (χ0n) is 12.3. The van der Waals surface area contributed by atoms with Gasteiger partial charge in [-0.15, -0.1) is 0 Å². The molecule has 0 radical (unpaired) electrons. The van der Waals surface area contributed by atoms with E-state index < -0.39 is 11.9 Å².